The molecule has 0 aliphatic heterocycles. The van der Waals surface area contributed by atoms with Gasteiger partial charge in [0.25, 0.3) is 0 Å². The summed E-state index contributed by atoms with van der Waals surface area (Å²) < 4.78 is 2.10. The average Bonchev–Trinajstić information content (AvgIpc) is 3.27. The molecule has 0 saturated heterocycles. The van der Waals surface area contributed by atoms with Crippen LogP contribution in [0.1, 0.15) is 0 Å². The number of benzene rings is 2. The number of para-hydroxylation sites is 2. The summed E-state index contributed by atoms with van der Waals surface area (Å²) >= 11 is 0. The van der Waals surface area contributed by atoms with Crippen LogP contribution in [0, 0.1) is 0 Å². The number of imidazole rings is 1. The summed E-state index contributed by atoms with van der Waals surface area (Å²) in [5, 5.41) is 8.71. The van der Waals surface area contributed by atoms with E-state index in [0.717, 1.165) is 38.9 Å². The molecule has 1 N–H and O–H groups in total. The molecule has 0 atom stereocenters. The minimum absolute atomic E-state index is 0.895. The van der Waals surface area contributed by atoms with Crippen molar-refractivity contribution < 1.29 is 0 Å². The molecule has 0 aliphatic carbocycles. The highest BCUT2D eigenvalue weighted by Gasteiger charge is 2.14. The van der Waals surface area contributed by atoms with Gasteiger partial charge in [0.05, 0.1) is 27.6 Å². The van der Waals surface area contributed by atoms with E-state index in [1.54, 1.807) is 6.20 Å². The zero-order valence-electron chi connectivity index (χ0n) is 12.7. The van der Waals surface area contributed by atoms with E-state index in [4.69, 9.17) is 0 Å². The first-order valence-electron chi connectivity index (χ1n) is 7.72. The summed E-state index contributed by atoms with van der Waals surface area (Å²) in [6.07, 6.45) is 5.46. The van der Waals surface area contributed by atoms with Gasteiger partial charge < -0.3 is 0 Å². The lowest BCUT2D eigenvalue weighted by molar-refractivity contribution is 1.11. The summed E-state index contributed by atoms with van der Waals surface area (Å²) in [5.41, 5.74) is 5.97. The van der Waals surface area contributed by atoms with Gasteiger partial charge in [-0.2, -0.15) is 5.10 Å². The van der Waals surface area contributed by atoms with Crippen molar-refractivity contribution in [1.82, 2.24) is 24.7 Å². The molecule has 0 saturated carbocycles. The Kier molecular flexibility index (Phi) is 2.72. The third-order valence-electron chi connectivity index (χ3n) is 4.22. The van der Waals surface area contributed by atoms with E-state index in [1.807, 2.05) is 55.0 Å². The van der Waals surface area contributed by atoms with E-state index in [2.05, 4.69) is 36.9 Å². The topological polar surface area (TPSA) is 59.4 Å². The number of aromatic nitrogens is 5. The lowest BCUT2D eigenvalue weighted by atomic mass is 10.1. The fourth-order valence-electron chi connectivity index (χ4n) is 3.12. The second-order valence-electron chi connectivity index (χ2n) is 5.62. The number of rotatable bonds is 2. The third-order valence-corrected chi connectivity index (χ3v) is 4.22. The molecule has 0 unspecified atom stereocenters. The first-order valence-corrected chi connectivity index (χ1v) is 7.72. The number of nitrogens with one attached hydrogen (secondary N) is 1. The van der Waals surface area contributed by atoms with Gasteiger partial charge in [-0.1, -0.05) is 18.2 Å². The van der Waals surface area contributed by atoms with Crippen LogP contribution in [0.5, 0.6) is 0 Å². The Bertz CT molecular complexity index is 1150. The quantitative estimate of drug-likeness (QED) is 0.537. The van der Waals surface area contributed by atoms with Gasteiger partial charge in [-0.3, -0.25) is 14.6 Å². The van der Waals surface area contributed by atoms with Crippen LogP contribution in [0.2, 0.25) is 0 Å². The van der Waals surface area contributed by atoms with Crippen molar-refractivity contribution in [3.05, 3.63) is 73.3 Å². The third kappa shape index (κ3) is 1.85. The summed E-state index contributed by atoms with van der Waals surface area (Å²) in [7, 11) is 0. The van der Waals surface area contributed by atoms with Crippen LogP contribution in [-0.4, -0.2) is 24.7 Å². The molecule has 0 amide bonds. The summed E-state index contributed by atoms with van der Waals surface area (Å²) in [6.45, 7) is 0. The summed E-state index contributed by atoms with van der Waals surface area (Å²) in [6, 6.07) is 18.2. The molecule has 0 bridgehead atoms. The molecule has 114 valence electrons. The summed E-state index contributed by atoms with van der Waals surface area (Å²) in [5.74, 6) is 0. The predicted octanol–water partition coefficient (Wildman–Crippen LogP) is 3.96. The minimum Gasteiger partial charge on any atom is -0.298 e. The maximum Gasteiger partial charge on any atom is 0.104 e. The first kappa shape index (κ1) is 13.0. The van der Waals surface area contributed by atoms with E-state index < -0.39 is 0 Å². The Morgan fingerprint density at radius 2 is 1.88 bits per heavy atom. The smallest absolute Gasteiger partial charge is 0.104 e. The van der Waals surface area contributed by atoms with Crippen LogP contribution in [0.25, 0.3) is 38.9 Å². The van der Waals surface area contributed by atoms with Gasteiger partial charge in [0.1, 0.15) is 12.0 Å². The van der Waals surface area contributed by atoms with E-state index >= 15 is 0 Å². The van der Waals surface area contributed by atoms with Gasteiger partial charge in [-0.25, -0.2) is 4.98 Å². The Morgan fingerprint density at radius 1 is 0.917 bits per heavy atom. The monoisotopic (exact) mass is 311 g/mol. The maximum atomic E-state index is 4.52. The summed E-state index contributed by atoms with van der Waals surface area (Å²) in [4.78, 5) is 8.73. The van der Waals surface area contributed by atoms with Crippen molar-refractivity contribution in [1.29, 1.82) is 0 Å². The zero-order chi connectivity index (χ0) is 15.9. The Labute approximate surface area is 137 Å². The van der Waals surface area contributed by atoms with E-state index in [1.165, 1.54) is 0 Å². The normalized spacial score (nSPS) is 11.3. The highest BCUT2D eigenvalue weighted by molar-refractivity contribution is 6.00. The standard InChI is InChI=1S/C19H13N5/c1-2-8-16-14(6-1)21-12-24(16)17-9-3-7-15-18(17)19(23-22-15)13-5-4-10-20-11-13/h1-12H,(H,22,23). The molecule has 0 aliphatic rings. The highest BCUT2D eigenvalue weighted by Crippen LogP contribution is 2.32. The molecule has 5 rings (SSSR count). The van der Waals surface area contributed by atoms with Gasteiger partial charge in [0.15, 0.2) is 0 Å². The molecule has 3 aromatic heterocycles. The van der Waals surface area contributed by atoms with Crippen molar-refractivity contribution in [2.24, 2.45) is 0 Å². The molecule has 0 fully saturated rings. The molecule has 24 heavy (non-hydrogen) atoms. The number of hydrogen-bond donors (Lipinski definition) is 1. The second kappa shape index (κ2) is 5.03. The molecular weight excluding hydrogens is 298 g/mol. The van der Waals surface area contributed by atoms with Crippen LogP contribution in [0.4, 0.5) is 0 Å². The molecule has 0 radical (unpaired) electrons. The van der Waals surface area contributed by atoms with Crippen molar-refractivity contribution in [2.75, 3.05) is 0 Å². The second-order valence-corrected chi connectivity index (χ2v) is 5.62. The highest BCUT2D eigenvalue weighted by atomic mass is 15.1. The lowest BCUT2D eigenvalue weighted by Gasteiger charge is -2.07. The maximum absolute atomic E-state index is 4.52. The van der Waals surface area contributed by atoms with E-state index in [9.17, 15) is 0 Å². The molecule has 5 aromatic rings. The van der Waals surface area contributed by atoms with Gasteiger partial charge in [0.2, 0.25) is 0 Å². The Balaban J connectivity index is 1.85. The van der Waals surface area contributed by atoms with E-state index in [0.29, 0.717) is 0 Å². The van der Waals surface area contributed by atoms with Gasteiger partial charge in [0, 0.05) is 18.0 Å². The van der Waals surface area contributed by atoms with Crippen molar-refractivity contribution in [3.8, 4) is 16.9 Å². The molecule has 5 heteroatoms. The van der Waals surface area contributed by atoms with Gasteiger partial charge in [-0.05, 0) is 36.4 Å². The van der Waals surface area contributed by atoms with Gasteiger partial charge in [-0.15, -0.1) is 0 Å². The van der Waals surface area contributed by atoms with Crippen molar-refractivity contribution >= 4 is 21.9 Å². The van der Waals surface area contributed by atoms with Crippen molar-refractivity contribution in [3.63, 3.8) is 0 Å². The molecule has 0 spiro atoms. The van der Waals surface area contributed by atoms with Crippen LogP contribution < -0.4 is 0 Å². The number of aromatic amines is 1. The number of pyridine rings is 1. The lowest BCUT2D eigenvalue weighted by Crippen LogP contribution is -1.93. The SMILES string of the molecule is c1cncc(-c2n[nH]c3cccc(-n4cnc5ccccc54)c23)c1. The minimum atomic E-state index is 0.895. The fourth-order valence-corrected chi connectivity index (χ4v) is 3.12. The predicted molar refractivity (Wildman–Crippen MR) is 94.0 cm³/mol. The Hall–Kier alpha value is -3.47. The number of H-pyrrole nitrogens is 1. The first-order chi connectivity index (χ1) is 11.9. The molecule has 5 nitrogen and oxygen atoms in total. The Morgan fingerprint density at radius 3 is 2.79 bits per heavy atom. The van der Waals surface area contributed by atoms with Crippen LogP contribution in [0.3, 0.4) is 0 Å². The van der Waals surface area contributed by atoms with Crippen LogP contribution >= 0.6 is 0 Å². The largest absolute Gasteiger partial charge is 0.298 e. The number of fused-ring (bicyclic) bond motifs is 2. The molecule has 3 heterocycles. The number of hydrogen-bond acceptors (Lipinski definition) is 3. The van der Waals surface area contributed by atoms with Crippen LogP contribution in [0.15, 0.2) is 73.3 Å². The van der Waals surface area contributed by atoms with E-state index in [-0.39, 0.29) is 0 Å². The van der Waals surface area contributed by atoms with Crippen molar-refractivity contribution in [2.45, 2.75) is 0 Å². The molecule has 2 aromatic carbocycles. The number of nitrogens with zero attached hydrogens (tertiary/aromatic N) is 4. The molecular formula is C19H13N5. The van der Waals surface area contributed by atoms with Gasteiger partial charge >= 0.3 is 0 Å². The fraction of sp³-hybridized carbons (Fsp3) is 0. The average molecular weight is 311 g/mol. The van der Waals surface area contributed by atoms with Crippen LogP contribution in [-0.2, 0) is 0 Å². The zero-order valence-corrected chi connectivity index (χ0v) is 12.7.